The van der Waals surface area contributed by atoms with E-state index in [1.807, 2.05) is 0 Å². The third-order valence-corrected chi connectivity index (χ3v) is 2.62. The Hall–Kier alpha value is -1.93. The number of carboxylic acids is 1. The molecule has 4 N–H and O–H groups in total. The molecule has 1 saturated heterocycles. The Balaban J connectivity index is 0.00000172. The van der Waals surface area contributed by atoms with Crippen molar-refractivity contribution >= 4 is 17.8 Å². The average molecular weight is 287 g/mol. The highest BCUT2D eigenvalue weighted by Crippen LogP contribution is 2.08. The molecule has 8 heteroatoms. The quantitative estimate of drug-likeness (QED) is 0.262. The smallest absolute Gasteiger partial charge is 0.324 e. The van der Waals surface area contributed by atoms with Gasteiger partial charge in [-0.2, -0.15) is 0 Å². The van der Waals surface area contributed by atoms with E-state index in [4.69, 9.17) is 16.1 Å². The highest BCUT2D eigenvalue weighted by atomic mass is 16.4. The normalized spacial score (nSPS) is 14.4. The lowest BCUT2D eigenvalue weighted by Gasteiger charge is -2.25. The van der Waals surface area contributed by atoms with Crippen LogP contribution in [0.15, 0.2) is 12.2 Å². The summed E-state index contributed by atoms with van der Waals surface area (Å²) in [6, 6.07) is 0. The van der Waals surface area contributed by atoms with Gasteiger partial charge in [-0.3, -0.25) is 19.4 Å². The van der Waals surface area contributed by atoms with Crippen molar-refractivity contribution in [2.45, 2.75) is 19.3 Å². The molecule has 114 valence electrons. The number of aliphatic hydroxyl groups is 1. The van der Waals surface area contributed by atoms with Gasteiger partial charge in [0.1, 0.15) is 6.54 Å². The summed E-state index contributed by atoms with van der Waals surface area (Å²) in [5.41, 5.74) is 0. The number of amides is 2. The van der Waals surface area contributed by atoms with E-state index in [1.54, 1.807) is 4.90 Å². The van der Waals surface area contributed by atoms with Gasteiger partial charge < -0.3 is 15.1 Å². The fraction of sp³-hybridized carbons (Fsp3) is 0.583. The van der Waals surface area contributed by atoms with Crippen LogP contribution in [0.5, 0.6) is 0 Å². The predicted molar refractivity (Wildman–Crippen MR) is 71.3 cm³/mol. The summed E-state index contributed by atoms with van der Waals surface area (Å²) in [5, 5.41) is 16.0. The summed E-state index contributed by atoms with van der Waals surface area (Å²) in [4.78, 5) is 35.0. The number of carbonyl (C=O) groups excluding carboxylic acids is 2. The van der Waals surface area contributed by atoms with Crippen LogP contribution in [0.25, 0.3) is 0 Å². The number of hydrogen-bond acceptors (Lipinski definition) is 5. The van der Waals surface area contributed by atoms with Crippen molar-refractivity contribution in [3.8, 4) is 0 Å². The van der Waals surface area contributed by atoms with Crippen molar-refractivity contribution in [2.75, 3.05) is 26.7 Å². The van der Waals surface area contributed by atoms with Crippen molar-refractivity contribution < 1.29 is 24.6 Å². The third kappa shape index (κ3) is 6.86. The van der Waals surface area contributed by atoms with E-state index < -0.39 is 18.4 Å². The average Bonchev–Trinajstić information content (AvgIpc) is 2.46. The Kier molecular flexibility index (Phi) is 8.97. The maximum Gasteiger partial charge on any atom is 0.324 e. The Morgan fingerprint density at radius 3 is 2.20 bits per heavy atom. The first-order valence-electron chi connectivity index (χ1n) is 6.20. The van der Waals surface area contributed by atoms with Gasteiger partial charge in [0.15, 0.2) is 0 Å². The summed E-state index contributed by atoms with van der Waals surface area (Å²) in [6.07, 6.45) is 5.18. The fourth-order valence-corrected chi connectivity index (χ4v) is 1.68. The maximum atomic E-state index is 11.7. The number of likely N-dealkylation sites (tertiary alicyclic amines) is 1. The van der Waals surface area contributed by atoms with Gasteiger partial charge in [0.25, 0.3) is 5.91 Å². The minimum absolute atomic E-state index is 0.244. The molecule has 1 aliphatic rings. The molecule has 2 amide bonds. The number of aliphatic carboxylic acids is 1. The Morgan fingerprint density at radius 2 is 1.70 bits per heavy atom. The van der Waals surface area contributed by atoms with Crippen LogP contribution in [0.1, 0.15) is 19.3 Å². The second kappa shape index (κ2) is 9.93. The molecular formula is C12H21N3O5. The largest absolute Gasteiger partial charge is 0.480 e. The van der Waals surface area contributed by atoms with Gasteiger partial charge in [0.05, 0.1) is 0 Å². The number of aliphatic hydroxyl groups excluding tert-OH is 1. The zero-order chi connectivity index (χ0) is 15.5. The van der Waals surface area contributed by atoms with E-state index in [1.165, 1.54) is 0 Å². The second-order valence-electron chi connectivity index (χ2n) is 4.08. The third-order valence-electron chi connectivity index (χ3n) is 2.62. The summed E-state index contributed by atoms with van der Waals surface area (Å²) in [6.45, 7) is 0.790. The van der Waals surface area contributed by atoms with Crippen molar-refractivity contribution in [1.29, 1.82) is 0 Å². The molecule has 0 aromatic rings. The van der Waals surface area contributed by atoms with E-state index in [9.17, 15) is 14.4 Å². The number of nitrogens with zero attached hydrogens (tertiary/aromatic N) is 2. The van der Waals surface area contributed by atoms with Crippen molar-refractivity contribution in [3.05, 3.63) is 12.2 Å². The number of hydrogen-bond donors (Lipinski definition) is 3. The van der Waals surface area contributed by atoms with Gasteiger partial charge in [0, 0.05) is 32.4 Å². The fourth-order valence-electron chi connectivity index (χ4n) is 1.68. The zero-order valence-corrected chi connectivity index (χ0v) is 11.5. The van der Waals surface area contributed by atoms with Crippen LogP contribution in [0.4, 0.5) is 0 Å². The SMILES string of the molecule is CO.NN(CC(=O)O)C(=O)/C=C/C(=O)N1CCCCC1. The van der Waals surface area contributed by atoms with Crippen molar-refractivity contribution in [2.24, 2.45) is 5.84 Å². The number of rotatable bonds is 4. The van der Waals surface area contributed by atoms with Crippen LogP contribution in [0.2, 0.25) is 0 Å². The lowest BCUT2D eigenvalue weighted by Crippen LogP contribution is -2.40. The van der Waals surface area contributed by atoms with Gasteiger partial charge >= 0.3 is 5.97 Å². The molecule has 0 aromatic heterocycles. The van der Waals surface area contributed by atoms with Crippen LogP contribution in [-0.2, 0) is 14.4 Å². The lowest BCUT2D eigenvalue weighted by atomic mass is 10.1. The lowest BCUT2D eigenvalue weighted by molar-refractivity contribution is -0.142. The summed E-state index contributed by atoms with van der Waals surface area (Å²) >= 11 is 0. The molecule has 1 heterocycles. The Bertz CT molecular complexity index is 364. The molecule has 1 rings (SSSR count). The molecule has 1 aliphatic heterocycles. The Morgan fingerprint density at radius 1 is 1.15 bits per heavy atom. The van der Waals surface area contributed by atoms with Crippen LogP contribution in [-0.4, -0.2) is 64.6 Å². The molecule has 0 aliphatic carbocycles. The van der Waals surface area contributed by atoms with Gasteiger partial charge in [-0.1, -0.05) is 0 Å². The monoisotopic (exact) mass is 287 g/mol. The van der Waals surface area contributed by atoms with Crippen LogP contribution in [0, 0.1) is 0 Å². The van der Waals surface area contributed by atoms with Gasteiger partial charge in [-0.25, -0.2) is 5.84 Å². The molecule has 1 fully saturated rings. The molecule has 0 saturated carbocycles. The first kappa shape index (κ1) is 18.1. The standard InChI is InChI=1S/C11H17N3O4.CH4O/c12-14(8-11(17)18)10(16)5-4-9(15)13-6-2-1-3-7-13;1-2/h4-5H,1-3,6-8,12H2,(H,17,18);2H,1H3/b5-4+;. The molecule has 0 radical (unpaired) electrons. The van der Waals surface area contributed by atoms with Gasteiger partial charge in [-0.15, -0.1) is 0 Å². The molecular weight excluding hydrogens is 266 g/mol. The predicted octanol–water partition coefficient (Wildman–Crippen LogP) is -1.05. The number of piperidine rings is 1. The topological polar surface area (TPSA) is 124 Å². The first-order valence-corrected chi connectivity index (χ1v) is 6.20. The number of nitrogens with two attached hydrogens (primary N) is 1. The minimum Gasteiger partial charge on any atom is -0.480 e. The highest BCUT2D eigenvalue weighted by molar-refractivity contribution is 5.97. The van der Waals surface area contributed by atoms with E-state index >= 15 is 0 Å². The Labute approximate surface area is 117 Å². The molecule has 8 nitrogen and oxygen atoms in total. The second-order valence-corrected chi connectivity index (χ2v) is 4.08. The van der Waals surface area contributed by atoms with E-state index in [0.29, 0.717) is 18.1 Å². The van der Waals surface area contributed by atoms with Crippen LogP contribution >= 0.6 is 0 Å². The molecule has 0 atom stereocenters. The van der Waals surface area contributed by atoms with E-state index in [0.717, 1.165) is 38.5 Å². The zero-order valence-electron chi connectivity index (χ0n) is 11.5. The summed E-state index contributed by atoms with van der Waals surface area (Å²) in [7, 11) is 1.00. The van der Waals surface area contributed by atoms with Gasteiger partial charge in [0.2, 0.25) is 5.91 Å². The molecule has 0 spiro atoms. The minimum atomic E-state index is -1.21. The summed E-state index contributed by atoms with van der Waals surface area (Å²) < 4.78 is 0. The van der Waals surface area contributed by atoms with Crippen molar-refractivity contribution in [3.63, 3.8) is 0 Å². The molecule has 0 aromatic carbocycles. The molecule has 0 unspecified atom stereocenters. The molecule has 20 heavy (non-hydrogen) atoms. The first-order chi connectivity index (χ1) is 9.50. The van der Waals surface area contributed by atoms with Crippen molar-refractivity contribution in [1.82, 2.24) is 9.91 Å². The van der Waals surface area contributed by atoms with Crippen LogP contribution < -0.4 is 5.84 Å². The summed E-state index contributed by atoms with van der Waals surface area (Å²) in [5.74, 6) is 3.05. The van der Waals surface area contributed by atoms with Crippen LogP contribution in [0.3, 0.4) is 0 Å². The molecule has 0 bridgehead atoms. The highest BCUT2D eigenvalue weighted by Gasteiger charge is 2.15. The van der Waals surface area contributed by atoms with Gasteiger partial charge in [-0.05, 0) is 19.3 Å². The van der Waals surface area contributed by atoms with E-state index in [2.05, 4.69) is 0 Å². The maximum absolute atomic E-state index is 11.7. The number of hydrazine groups is 1. The number of carbonyl (C=O) groups is 3. The van der Waals surface area contributed by atoms with E-state index in [-0.39, 0.29) is 5.91 Å². The number of carboxylic acid groups (broad SMARTS) is 1.